The Morgan fingerprint density at radius 3 is 2.38 bits per heavy atom. The van der Waals surface area contributed by atoms with Gasteiger partial charge in [-0.25, -0.2) is 4.98 Å². The second kappa shape index (κ2) is 4.98. The van der Waals surface area contributed by atoms with Crippen molar-refractivity contribution in [2.75, 3.05) is 5.32 Å². The Bertz CT molecular complexity index is 536. The Labute approximate surface area is 130 Å². The van der Waals surface area contributed by atoms with Gasteiger partial charge in [-0.05, 0) is 73.8 Å². The summed E-state index contributed by atoms with van der Waals surface area (Å²) in [7, 11) is 0. The summed E-state index contributed by atoms with van der Waals surface area (Å²) in [5.41, 5.74) is 0.275. The minimum Gasteiger partial charge on any atom is -0.311 e. The van der Waals surface area contributed by atoms with Crippen LogP contribution in [0.15, 0.2) is 18.2 Å². The summed E-state index contributed by atoms with van der Waals surface area (Å²) in [5, 5.41) is 3.34. The van der Waals surface area contributed by atoms with Crippen molar-refractivity contribution in [3.8, 4) is 0 Å². The molecule has 0 atom stereocenters. The number of hydrogen-bond donors (Lipinski definition) is 1. The second-order valence-corrected chi connectivity index (χ2v) is 7.88. The highest BCUT2D eigenvalue weighted by atomic mass is 35.5. The molecule has 0 aliphatic heterocycles. The summed E-state index contributed by atoms with van der Waals surface area (Å²) in [5.74, 6) is 3.32. The highest BCUT2D eigenvalue weighted by molar-refractivity contribution is 6.29. The Morgan fingerprint density at radius 2 is 1.81 bits per heavy atom. The van der Waals surface area contributed by atoms with Crippen molar-refractivity contribution >= 4 is 23.3 Å². The summed E-state index contributed by atoms with van der Waals surface area (Å²) in [6.07, 6.45) is 8.68. The van der Waals surface area contributed by atoms with Gasteiger partial charge in [0.2, 0.25) is 5.91 Å². The van der Waals surface area contributed by atoms with E-state index in [9.17, 15) is 4.79 Å². The summed E-state index contributed by atoms with van der Waals surface area (Å²) in [6, 6.07) is 5.33. The molecule has 4 aliphatic rings. The van der Waals surface area contributed by atoms with Crippen LogP contribution in [0.3, 0.4) is 0 Å². The van der Waals surface area contributed by atoms with E-state index in [1.54, 1.807) is 12.1 Å². The molecule has 0 unspecified atom stereocenters. The third-order valence-electron chi connectivity index (χ3n) is 5.68. The maximum absolute atomic E-state index is 12.4. The molecule has 4 saturated carbocycles. The van der Waals surface area contributed by atoms with Gasteiger partial charge >= 0.3 is 0 Å². The van der Waals surface area contributed by atoms with Crippen LogP contribution in [-0.2, 0) is 4.79 Å². The number of carbonyl (C=O) groups is 1. The first-order chi connectivity index (χ1) is 10.1. The first-order valence-corrected chi connectivity index (χ1v) is 8.40. The maximum atomic E-state index is 12.4. The Hall–Kier alpha value is -1.09. The van der Waals surface area contributed by atoms with Crippen LogP contribution in [0.4, 0.5) is 5.82 Å². The molecule has 4 aliphatic carbocycles. The number of anilines is 1. The van der Waals surface area contributed by atoms with Gasteiger partial charge in [-0.1, -0.05) is 17.7 Å². The first kappa shape index (κ1) is 13.6. The lowest BCUT2D eigenvalue weighted by Crippen LogP contribution is -2.47. The van der Waals surface area contributed by atoms with E-state index in [1.807, 2.05) is 6.07 Å². The number of hydrogen-bond acceptors (Lipinski definition) is 2. The summed E-state index contributed by atoms with van der Waals surface area (Å²) in [4.78, 5) is 16.6. The molecule has 1 amide bonds. The highest BCUT2D eigenvalue weighted by Gasteiger charge is 2.51. The summed E-state index contributed by atoms with van der Waals surface area (Å²) in [6.45, 7) is 0. The zero-order chi connectivity index (χ0) is 14.4. The third-order valence-corrected chi connectivity index (χ3v) is 5.89. The van der Waals surface area contributed by atoms with Crippen molar-refractivity contribution in [2.24, 2.45) is 23.2 Å². The van der Waals surface area contributed by atoms with Gasteiger partial charge in [-0.2, -0.15) is 0 Å². The number of halogens is 1. The third kappa shape index (κ3) is 2.68. The van der Waals surface area contributed by atoms with Crippen molar-refractivity contribution in [1.82, 2.24) is 4.98 Å². The van der Waals surface area contributed by atoms with Gasteiger partial charge in [0.25, 0.3) is 0 Å². The molecule has 0 radical (unpaired) electrons. The number of nitrogens with one attached hydrogen (secondary N) is 1. The number of rotatable bonds is 3. The molecular formula is C17H21ClN2O. The molecule has 112 valence electrons. The van der Waals surface area contributed by atoms with E-state index in [4.69, 9.17) is 11.6 Å². The van der Waals surface area contributed by atoms with Crippen LogP contribution in [-0.4, -0.2) is 10.9 Å². The summed E-state index contributed by atoms with van der Waals surface area (Å²) >= 11 is 5.87. The van der Waals surface area contributed by atoms with E-state index < -0.39 is 0 Å². The van der Waals surface area contributed by atoms with Gasteiger partial charge in [0.1, 0.15) is 11.0 Å². The molecule has 0 aromatic carbocycles. The fraction of sp³-hybridized carbons (Fsp3) is 0.647. The van der Waals surface area contributed by atoms with Gasteiger partial charge in [-0.15, -0.1) is 0 Å². The number of carbonyl (C=O) groups excluding carboxylic acids is 1. The molecule has 5 rings (SSSR count). The highest BCUT2D eigenvalue weighted by Crippen LogP contribution is 2.61. The minimum atomic E-state index is 0.103. The van der Waals surface area contributed by atoms with E-state index in [0.717, 1.165) is 17.8 Å². The van der Waals surface area contributed by atoms with Gasteiger partial charge < -0.3 is 5.32 Å². The van der Waals surface area contributed by atoms with Gasteiger partial charge in [0.15, 0.2) is 0 Å². The van der Waals surface area contributed by atoms with Crippen LogP contribution in [0.1, 0.15) is 44.9 Å². The molecule has 3 nitrogen and oxygen atoms in total. The zero-order valence-electron chi connectivity index (χ0n) is 12.1. The molecule has 0 saturated heterocycles. The molecule has 1 aromatic rings. The van der Waals surface area contributed by atoms with Crippen molar-refractivity contribution < 1.29 is 4.79 Å². The van der Waals surface area contributed by atoms with Crippen molar-refractivity contribution in [3.63, 3.8) is 0 Å². The predicted molar refractivity (Wildman–Crippen MR) is 83.1 cm³/mol. The molecule has 0 spiro atoms. The number of amides is 1. The van der Waals surface area contributed by atoms with Crippen molar-refractivity contribution in [1.29, 1.82) is 0 Å². The van der Waals surface area contributed by atoms with Crippen LogP contribution >= 0.6 is 11.6 Å². The minimum absolute atomic E-state index is 0.103. The molecular weight excluding hydrogens is 284 g/mol. The van der Waals surface area contributed by atoms with Crippen LogP contribution in [0.5, 0.6) is 0 Å². The van der Waals surface area contributed by atoms with Crippen molar-refractivity contribution in [3.05, 3.63) is 23.4 Å². The van der Waals surface area contributed by atoms with E-state index in [0.29, 0.717) is 17.4 Å². The number of nitrogens with zero attached hydrogens (tertiary/aromatic N) is 1. The fourth-order valence-corrected chi connectivity index (χ4v) is 5.68. The number of pyridine rings is 1. The van der Waals surface area contributed by atoms with E-state index in [-0.39, 0.29) is 11.3 Å². The molecule has 4 fully saturated rings. The Morgan fingerprint density at radius 1 is 1.19 bits per heavy atom. The average Bonchev–Trinajstić information content (AvgIpc) is 2.35. The quantitative estimate of drug-likeness (QED) is 0.847. The molecule has 1 aromatic heterocycles. The SMILES string of the molecule is O=C(CC12CC3CC(CC(C3)C1)C2)Nc1cccc(Cl)n1. The predicted octanol–water partition coefficient (Wildman–Crippen LogP) is 4.28. The van der Waals surface area contributed by atoms with Crippen LogP contribution in [0, 0.1) is 23.2 Å². The largest absolute Gasteiger partial charge is 0.311 e. The maximum Gasteiger partial charge on any atom is 0.226 e. The zero-order valence-corrected chi connectivity index (χ0v) is 12.9. The van der Waals surface area contributed by atoms with Crippen LogP contribution in [0.25, 0.3) is 0 Å². The first-order valence-electron chi connectivity index (χ1n) is 8.03. The van der Waals surface area contributed by atoms with E-state index in [1.165, 1.54) is 38.5 Å². The van der Waals surface area contributed by atoms with Crippen LogP contribution in [0.2, 0.25) is 5.15 Å². The molecule has 1 N–H and O–H groups in total. The van der Waals surface area contributed by atoms with Gasteiger partial charge in [-0.3, -0.25) is 4.79 Å². The molecule has 1 heterocycles. The normalized spacial score (nSPS) is 36.7. The fourth-order valence-electron chi connectivity index (χ4n) is 5.51. The lowest BCUT2D eigenvalue weighted by molar-refractivity contribution is -0.124. The second-order valence-electron chi connectivity index (χ2n) is 7.49. The smallest absolute Gasteiger partial charge is 0.226 e. The topological polar surface area (TPSA) is 42.0 Å². The number of aromatic nitrogens is 1. The average molecular weight is 305 g/mol. The molecule has 21 heavy (non-hydrogen) atoms. The molecule has 4 heteroatoms. The lowest BCUT2D eigenvalue weighted by atomic mass is 9.49. The van der Waals surface area contributed by atoms with Crippen LogP contribution < -0.4 is 5.32 Å². The Balaban J connectivity index is 1.45. The van der Waals surface area contributed by atoms with E-state index >= 15 is 0 Å². The molecule has 4 bridgehead atoms. The van der Waals surface area contributed by atoms with E-state index in [2.05, 4.69) is 10.3 Å². The van der Waals surface area contributed by atoms with Crippen molar-refractivity contribution in [2.45, 2.75) is 44.9 Å². The summed E-state index contributed by atoms with van der Waals surface area (Å²) < 4.78 is 0. The van der Waals surface area contributed by atoms with Gasteiger partial charge in [0, 0.05) is 6.42 Å². The standard InChI is InChI=1S/C17H21ClN2O/c18-14-2-1-3-15(19-14)20-16(21)10-17-7-11-4-12(8-17)6-13(5-11)9-17/h1-3,11-13H,4-10H2,(H,19,20,21). The monoisotopic (exact) mass is 304 g/mol. The van der Waals surface area contributed by atoms with Gasteiger partial charge in [0.05, 0.1) is 0 Å². The lowest BCUT2D eigenvalue weighted by Gasteiger charge is -2.56. The Kier molecular flexibility index (Phi) is 3.21.